The van der Waals surface area contributed by atoms with Crippen LogP contribution in [0.5, 0.6) is 0 Å². The average molecular weight is 329 g/mol. The molecule has 1 aromatic heterocycles. The van der Waals surface area contributed by atoms with Gasteiger partial charge in [0.25, 0.3) is 0 Å². The third-order valence-electron chi connectivity index (χ3n) is 3.44. The number of rotatable bonds is 4. The molecule has 21 heavy (non-hydrogen) atoms. The number of sulfonamides is 1. The summed E-state index contributed by atoms with van der Waals surface area (Å²) in [5.74, 6) is 0. The number of hydrogen-bond donors (Lipinski definition) is 0. The second kappa shape index (κ2) is 5.93. The van der Waals surface area contributed by atoms with E-state index in [0.29, 0.717) is 24.0 Å². The average Bonchev–Trinajstić information content (AvgIpc) is 2.96. The van der Waals surface area contributed by atoms with E-state index < -0.39 is 16.3 Å². The molecule has 1 aromatic carbocycles. The van der Waals surface area contributed by atoms with Crippen LogP contribution in [0.2, 0.25) is 0 Å². The number of fused-ring (bicyclic) bond motifs is 1. The predicted molar refractivity (Wildman–Crippen MR) is 77.0 cm³/mol. The number of benzene rings is 1. The maximum atomic E-state index is 12.9. The molecular formula is C12H15N3O4S2. The van der Waals surface area contributed by atoms with Gasteiger partial charge in [-0.25, -0.2) is 18.2 Å². The minimum atomic E-state index is -3.70. The first-order valence-electron chi connectivity index (χ1n) is 6.57. The highest BCUT2D eigenvalue weighted by molar-refractivity contribution is 7.89. The molecule has 0 bridgehead atoms. The van der Waals surface area contributed by atoms with Gasteiger partial charge in [0.2, 0.25) is 10.0 Å². The predicted octanol–water partition coefficient (Wildman–Crippen LogP) is 1.77. The molecule has 9 heteroatoms. The van der Waals surface area contributed by atoms with E-state index in [1.807, 2.05) is 0 Å². The lowest BCUT2D eigenvalue weighted by molar-refractivity contribution is -0.329. The molecule has 1 atom stereocenters. The zero-order valence-electron chi connectivity index (χ0n) is 11.4. The van der Waals surface area contributed by atoms with Crippen LogP contribution in [0.1, 0.15) is 19.3 Å². The van der Waals surface area contributed by atoms with Crippen LogP contribution in [0.3, 0.4) is 0 Å². The van der Waals surface area contributed by atoms with Gasteiger partial charge in [-0.1, -0.05) is 6.07 Å². The van der Waals surface area contributed by atoms with E-state index in [2.05, 4.69) is 13.6 Å². The van der Waals surface area contributed by atoms with E-state index in [4.69, 9.17) is 4.89 Å². The molecule has 0 amide bonds. The minimum Gasteiger partial charge on any atom is -0.238 e. The van der Waals surface area contributed by atoms with Crippen molar-refractivity contribution in [3.63, 3.8) is 0 Å². The van der Waals surface area contributed by atoms with Crippen LogP contribution < -0.4 is 0 Å². The van der Waals surface area contributed by atoms with Crippen LogP contribution in [0, 0.1) is 0 Å². The molecule has 0 saturated carbocycles. The first-order valence-corrected chi connectivity index (χ1v) is 8.74. The van der Waals surface area contributed by atoms with Crippen molar-refractivity contribution in [3.05, 3.63) is 18.2 Å². The summed E-state index contributed by atoms with van der Waals surface area (Å²) in [5, 5.41) is 0. The molecular weight excluding hydrogens is 314 g/mol. The maximum absolute atomic E-state index is 12.9. The number of nitrogens with zero attached hydrogens (tertiary/aromatic N) is 3. The number of aromatic nitrogens is 2. The second-order valence-corrected chi connectivity index (χ2v) is 7.10. The van der Waals surface area contributed by atoms with Gasteiger partial charge in [-0.2, -0.15) is 13.1 Å². The largest absolute Gasteiger partial charge is 0.247 e. The van der Waals surface area contributed by atoms with E-state index >= 15 is 0 Å². The van der Waals surface area contributed by atoms with Crippen LogP contribution in [0.15, 0.2) is 23.1 Å². The summed E-state index contributed by atoms with van der Waals surface area (Å²) in [4.78, 5) is 9.96. The Morgan fingerprint density at radius 1 is 1.33 bits per heavy atom. The van der Waals surface area contributed by atoms with E-state index in [9.17, 15) is 8.42 Å². The van der Waals surface area contributed by atoms with Gasteiger partial charge >= 0.3 is 0 Å². The van der Waals surface area contributed by atoms with Crippen LogP contribution in [0.4, 0.5) is 0 Å². The molecule has 114 valence electrons. The Morgan fingerprint density at radius 3 is 3.00 bits per heavy atom. The first-order chi connectivity index (χ1) is 10.1. The smallest absolute Gasteiger partial charge is 0.238 e. The van der Waals surface area contributed by atoms with Crippen LogP contribution in [-0.2, 0) is 19.8 Å². The summed E-state index contributed by atoms with van der Waals surface area (Å²) >= 11 is 1.00. The van der Waals surface area contributed by atoms with Gasteiger partial charge < -0.3 is 0 Å². The van der Waals surface area contributed by atoms with Gasteiger partial charge in [0.05, 0.1) is 18.8 Å². The Kier molecular flexibility index (Phi) is 4.18. The highest BCUT2D eigenvalue weighted by Gasteiger charge is 2.36. The van der Waals surface area contributed by atoms with E-state index in [1.54, 1.807) is 18.2 Å². The molecule has 0 radical (unpaired) electrons. The van der Waals surface area contributed by atoms with Crippen molar-refractivity contribution in [2.24, 2.45) is 0 Å². The fourth-order valence-corrected chi connectivity index (χ4v) is 4.80. The van der Waals surface area contributed by atoms with Gasteiger partial charge in [-0.15, -0.1) is 0 Å². The molecule has 1 aliphatic heterocycles. The summed E-state index contributed by atoms with van der Waals surface area (Å²) in [6.07, 6.45) is 1.71. The fraction of sp³-hybridized carbons (Fsp3) is 0.500. The first kappa shape index (κ1) is 14.8. The summed E-state index contributed by atoms with van der Waals surface area (Å²) in [6, 6.07) is 4.97. The lowest BCUT2D eigenvalue weighted by Gasteiger charge is -2.32. The van der Waals surface area contributed by atoms with Crippen molar-refractivity contribution in [1.82, 2.24) is 13.1 Å². The minimum absolute atomic E-state index is 0.167. The van der Waals surface area contributed by atoms with Crippen molar-refractivity contribution >= 4 is 32.8 Å². The Labute approximate surface area is 126 Å². The summed E-state index contributed by atoms with van der Waals surface area (Å²) < 4.78 is 35.4. The molecule has 1 fully saturated rings. The lowest BCUT2D eigenvalue weighted by atomic mass is 10.1. The Hall–Kier alpha value is -1.13. The number of hydrogen-bond acceptors (Lipinski definition) is 7. The standard InChI is InChI=1S/C12H15N3O4S2/c1-18-19-11-7-2-3-8-15(11)21(16,17)10-6-4-5-9-12(10)14-20-13-9/h4-6,11H,2-3,7-8H2,1H3/t11-/m1/s1. The Morgan fingerprint density at radius 2 is 2.19 bits per heavy atom. The van der Waals surface area contributed by atoms with Gasteiger partial charge in [0.15, 0.2) is 6.23 Å². The van der Waals surface area contributed by atoms with Crippen molar-refractivity contribution in [2.45, 2.75) is 30.4 Å². The molecule has 0 aliphatic carbocycles. The third-order valence-corrected chi connectivity index (χ3v) is 5.91. The van der Waals surface area contributed by atoms with E-state index in [-0.39, 0.29) is 4.90 Å². The third kappa shape index (κ3) is 2.67. The molecule has 0 unspecified atom stereocenters. The zero-order valence-corrected chi connectivity index (χ0v) is 13.1. The monoisotopic (exact) mass is 329 g/mol. The van der Waals surface area contributed by atoms with E-state index in [0.717, 1.165) is 24.6 Å². The molecule has 3 rings (SSSR count). The van der Waals surface area contributed by atoms with Crippen LogP contribution in [-0.4, -0.2) is 41.4 Å². The van der Waals surface area contributed by atoms with Gasteiger partial charge in [0.1, 0.15) is 15.9 Å². The normalized spacial score (nSPS) is 20.9. The highest BCUT2D eigenvalue weighted by Crippen LogP contribution is 2.29. The van der Waals surface area contributed by atoms with Gasteiger partial charge in [0, 0.05) is 6.54 Å². The highest BCUT2D eigenvalue weighted by atomic mass is 32.2. The molecule has 1 aliphatic rings. The van der Waals surface area contributed by atoms with Crippen molar-refractivity contribution in [2.75, 3.05) is 13.7 Å². The van der Waals surface area contributed by atoms with E-state index in [1.165, 1.54) is 11.4 Å². The van der Waals surface area contributed by atoms with Gasteiger partial charge in [-0.05, 0) is 31.4 Å². The summed E-state index contributed by atoms with van der Waals surface area (Å²) in [5.41, 5.74) is 0.992. The summed E-state index contributed by atoms with van der Waals surface area (Å²) in [7, 11) is -2.32. The topological polar surface area (TPSA) is 81.6 Å². The zero-order chi connectivity index (χ0) is 14.9. The summed E-state index contributed by atoms with van der Waals surface area (Å²) in [6.45, 7) is 0.407. The lowest BCUT2D eigenvalue weighted by Crippen LogP contribution is -2.45. The van der Waals surface area contributed by atoms with Gasteiger partial charge in [-0.3, -0.25) is 0 Å². The maximum Gasteiger partial charge on any atom is 0.247 e. The quantitative estimate of drug-likeness (QED) is 0.628. The van der Waals surface area contributed by atoms with Crippen LogP contribution in [0.25, 0.3) is 11.0 Å². The molecule has 2 aromatic rings. The molecule has 2 heterocycles. The molecule has 1 saturated heterocycles. The van der Waals surface area contributed by atoms with Crippen LogP contribution >= 0.6 is 11.7 Å². The molecule has 0 spiro atoms. The van der Waals surface area contributed by atoms with Crippen molar-refractivity contribution in [3.8, 4) is 0 Å². The Bertz CT molecular complexity index is 729. The second-order valence-electron chi connectivity index (χ2n) is 4.72. The molecule has 0 N–H and O–H groups in total. The Balaban J connectivity index is 2.04. The SMILES string of the molecule is COO[C@@H]1CCCCN1S(=O)(=O)c1cccc2nsnc12. The van der Waals surface area contributed by atoms with Crippen molar-refractivity contribution < 1.29 is 18.2 Å². The number of piperidine rings is 1. The fourth-order valence-electron chi connectivity index (χ4n) is 2.47. The van der Waals surface area contributed by atoms with Crippen molar-refractivity contribution in [1.29, 1.82) is 0 Å². The molecule has 7 nitrogen and oxygen atoms in total.